The highest BCUT2D eigenvalue weighted by Crippen LogP contribution is 2.03. The first kappa shape index (κ1) is 6.95. The lowest BCUT2D eigenvalue weighted by molar-refractivity contribution is -0.105. The summed E-state index contributed by atoms with van der Waals surface area (Å²) in [6.07, 6.45) is 1.99. The zero-order valence-corrected chi connectivity index (χ0v) is 5.67. The van der Waals surface area contributed by atoms with E-state index < -0.39 is 0 Å². The molecule has 1 amide bonds. The van der Waals surface area contributed by atoms with Crippen LogP contribution in [0, 0.1) is 0 Å². The molecule has 0 saturated carbocycles. The average Bonchev–Trinajstić information content (AvgIpc) is 1.88. The number of anilines is 1. The van der Waals surface area contributed by atoms with Gasteiger partial charge in [0.2, 0.25) is 11.7 Å². The molecule has 1 rings (SSSR count). The van der Waals surface area contributed by atoms with Gasteiger partial charge < -0.3 is 5.32 Å². The Balaban J connectivity index is 2.84. The normalized spacial score (nSPS) is 8.90. The molecule has 1 aromatic heterocycles. The molecule has 0 fully saturated rings. The molecule has 0 spiro atoms. The van der Waals surface area contributed by atoms with Gasteiger partial charge in [-0.2, -0.15) is 0 Å². The summed E-state index contributed by atoms with van der Waals surface area (Å²) in [5.41, 5.74) is 0. The fourth-order valence-electron chi connectivity index (χ4n) is 0.476. The maximum Gasteiger partial charge on any atom is 0.224 e. The monoisotopic (exact) mass is 157 g/mol. The molecule has 10 heavy (non-hydrogen) atoms. The largest absolute Gasteiger partial charge is 0.313 e. The van der Waals surface area contributed by atoms with Crippen LogP contribution in [0.15, 0.2) is 12.3 Å². The van der Waals surface area contributed by atoms with Crippen molar-refractivity contribution < 1.29 is 4.79 Å². The van der Waals surface area contributed by atoms with Crippen molar-refractivity contribution in [1.82, 2.24) is 9.97 Å². The first-order valence-corrected chi connectivity index (χ1v) is 2.89. The molecule has 5 heteroatoms. The number of aromatic nitrogens is 2. The number of nitrogens with one attached hydrogen (secondary N) is 1. The van der Waals surface area contributed by atoms with Crippen molar-refractivity contribution in [3.63, 3.8) is 0 Å². The highest BCUT2D eigenvalue weighted by Gasteiger charge is 1.91. The molecule has 52 valence electrons. The number of hydrogen-bond donors (Lipinski definition) is 1. The first-order valence-electron chi connectivity index (χ1n) is 2.51. The summed E-state index contributed by atoms with van der Waals surface area (Å²) < 4.78 is 0. The van der Waals surface area contributed by atoms with Gasteiger partial charge in [-0.05, 0) is 17.7 Å². The SMILES string of the molecule is O=CNc1ccnc(Cl)n1. The van der Waals surface area contributed by atoms with Gasteiger partial charge in [-0.25, -0.2) is 9.97 Å². The van der Waals surface area contributed by atoms with Crippen molar-refractivity contribution >= 4 is 23.8 Å². The van der Waals surface area contributed by atoms with Gasteiger partial charge >= 0.3 is 0 Å². The van der Waals surface area contributed by atoms with E-state index in [0.717, 1.165) is 0 Å². The number of rotatable bonds is 2. The second-order valence-electron chi connectivity index (χ2n) is 1.47. The molecule has 0 aliphatic carbocycles. The highest BCUT2D eigenvalue weighted by molar-refractivity contribution is 6.28. The van der Waals surface area contributed by atoms with Crippen LogP contribution in [0.3, 0.4) is 0 Å². The van der Waals surface area contributed by atoms with Crippen LogP contribution < -0.4 is 5.32 Å². The maximum atomic E-state index is 9.87. The molecule has 1 heterocycles. The fourth-order valence-corrected chi connectivity index (χ4v) is 0.623. The Hall–Kier alpha value is -1.16. The van der Waals surface area contributed by atoms with Crippen LogP contribution in [0.4, 0.5) is 5.82 Å². The predicted octanol–water partition coefficient (Wildman–Crippen LogP) is 0.698. The third-order valence-electron chi connectivity index (χ3n) is 0.833. The van der Waals surface area contributed by atoms with Crippen LogP contribution in [0.25, 0.3) is 0 Å². The Labute approximate surface area is 62.3 Å². The molecule has 1 N–H and O–H groups in total. The van der Waals surface area contributed by atoms with Crippen LogP contribution in [-0.2, 0) is 4.79 Å². The third-order valence-corrected chi connectivity index (χ3v) is 1.02. The van der Waals surface area contributed by atoms with E-state index in [1.165, 1.54) is 6.20 Å². The van der Waals surface area contributed by atoms with E-state index in [0.29, 0.717) is 12.2 Å². The molecule has 4 nitrogen and oxygen atoms in total. The molecular weight excluding hydrogens is 154 g/mol. The smallest absolute Gasteiger partial charge is 0.224 e. The third kappa shape index (κ3) is 1.66. The van der Waals surface area contributed by atoms with Crippen LogP contribution in [0.1, 0.15) is 0 Å². The van der Waals surface area contributed by atoms with Crippen molar-refractivity contribution in [2.75, 3.05) is 5.32 Å². The van der Waals surface area contributed by atoms with Gasteiger partial charge in [-0.15, -0.1) is 0 Å². The lowest BCUT2D eigenvalue weighted by Gasteiger charge is -1.94. The molecule has 0 aromatic carbocycles. The van der Waals surface area contributed by atoms with Gasteiger partial charge in [0.1, 0.15) is 5.82 Å². The number of nitrogens with zero attached hydrogens (tertiary/aromatic N) is 2. The number of amides is 1. The Morgan fingerprint density at radius 2 is 2.50 bits per heavy atom. The number of carbonyl (C=O) groups excluding carboxylic acids is 1. The lowest BCUT2D eigenvalue weighted by atomic mass is 10.6. The topological polar surface area (TPSA) is 54.9 Å². The van der Waals surface area contributed by atoms with Gasteiger partial charge in [0.15, 0.2) is 0 Å². The Morgan fingerprint density at radius 3 is 3.10 bits per heavy atom. The maximum absolute atomic E-state index is 9.87. The zero-order valence-electron chi connectivity index (χ0n) is 4.91. The quantitative estimate of drug-likeness (QED) is 0.508. The molecule has 0 saturated heterocycles. The summed E-state index contributed by atoms with van der Waals surface area (Å²) >= 11 is 5.40. The summed E-state index contributed by atoms with van der Waals surface area (Å²) in [5, 5.41) is 2.45. The number of carbonyl (C=O) groups is 1. The van der Waals surface area contributed by atoms with E-state index >= 15 is 0 Å². The predicted molar refractivity (Wildman–Crippen MR) is 36.7 cm³/mol. The van der Waals surface area contributed by atoms with Crippen LogP contribution in [0.2, 0.25) is 5.28 Å². The minimum Gasteiger partial charge on any atom is -0.313 e. The zero-order chi connectivity index (χ0) is 7.40. The van der Waals surface area contributed by atoms with E-state index in [1.54, 1.807) is 6.07 Å². The summed E-state index contributed by atoms with van der Waals surface area (Å²) in [7, 11) is 0. The molecule has 0 unspecified atom stereocenters. The molecule has 0 atom stereocenters. The first-order chi connectivity index (χ1) is 4.83. The van der Waals surface area contributed by atoms with Gasteiger partial charge in [0, 0.05) is 6.20 Å². The Morgan fingerprint density at radius 1 is 1.70 bits per heavy atom. The van der Waals surface area contributed by atoms with Gasteiger partial charge in [0.05, 0.1) is 0 Å². The Kier molecular flexibility index (Phi) is 2.17. The van der Waals surface area contributed by atoms with Gasteiger partial charge in [0.25, 0.3) is 0 Å². The summed E-state index contributed by atoms with van der Waals surface area (Å²) in [6.45, 7) is 0. The van der Waals surface area contributed by atoms with Crippen molar-refractivity contribution in [3.8, 4) is 0 Å². The van der Waals surface area contributed by atoms with E-state index in [-0.39, 0.29) is 5.28 Å². The van der Waals surface area contributed by atoms with E-state index in [2.05, 4.69) is 15.3 Å². The van der Waals surface area contributed by atoms with Crippen molar-refractivity contribution in [2.45, 2.75) is 0 Å². The summed E-state index contributed by atoms with van der Waals surface area (Å²) in [6, 6.07) is 1.54. The van der Waals surface area contributed by atoms with Crippen LogP contribution >= 0.6 is 11.6 Å². The molecule has 0 aliphatic heterocycles. The molecule has 0 aliphatic rings. The molecule has 0 bridgehead atoms. The van der Waals surface area contributed by atoms with Crippen LogP contribution in [0.5, 0.6) is 0 Å². The van der Waals surface area contributed by atoms with E-state index in [9.17, 15) is 4.79 Å². The molecule has 0 radical (unpaired) electrons. The Bertz CT molecular complexity index is 240. The lowest BCUT2D eigenvalue weighted by Crippen LogP contribution is -1.96. The van der Waals surface area contributed by atoms with Crippen molar-refractivity contribution in [2.24, 2.45) is 0 Å². The standard InChI is InChI=1S/C5H4ClN3O/c6-5-7-2-1-4(9-5)8-3-10/h1-3H,(H,7,8,9,10). The number of halogens is 1. The molecule has 1 aromatic rings. The van der Waals surface area contributed by atoms with Gasteiger partial charge in [-0.1, -0.05) is 0 Å². The summed E-state index contributed by atoms with van der Waals surface area (Å²) in [4.78, 5) is 17.2. The van der Waals surface area contributed by atoms with E-state index in [4.69, 9.17) is 11.6 Å². The minimum absolute atomic E-state index is 0.117. The van der Waals surface area contributed by atoms with Gasteiger partial charge in [-0.3, -0.25) is 4.79 Å². The minimum atomic E-state index is 0.117. The summed E-state index contributed by atoms with van der Waals surface area (Å²) in [5.74, 6) is 0.398. The van der Waals surface area contributed by atoms with Crippen molar-refractivity contribution in [3.05, 3.63) is 17.5 Å². The van der Waals surface area contributed by atoms with Crippen LogP contribution in [-0.4, -0.2) is 16.4 Å². The second-order valence-corrected chi connectivity index (χ2v) is 1.81. The fraction of sp³-hybridized carbons (Fsp3) is 0. The van der Waals surface area contributed by atoms with E-state index in [1.807, 2.05) is 0 Å². The highest BCUT2D eigenvalue weighted by atomic mass is 35.5. The molecular formula is C5H4ClN3O. The second kappa shape index (κ2) is 3.12. The average molecular weight is 158 g/mol. The van der Waals surface area contributed by atoms with Crippen molar-refractivity contribution in [1.29, 1.82) is 0 Å². The number of hydrogen-bond acceptors (Lipinski definition) is 3.